The molecule has 0 saturated heterocycles. The molecule has 0 unspecified atom stereocenters. The van der Waals surface area contributed by atoms with Gasteiger partial charge in [-0.3, -0.25) is 4.79 Å². The van der Waals surface area contributed by atoms with Crippen molar-refractivity contribution in [2.24, 2.45) is 0 Å². The van der Waals surface area contributed by atoms with E-state index in [-0.39, 0.29) is 4.90 Å². The van der Waals surface area contributed by atoms with E-state index in [0.29, 0.717) is 5.56 Å². The smallest absolute Gasteiger partial charge is 0.327 e. The van der Waals surface area contributed by atoms with Gasteiger partial charge >= 0.3 is 5.97 Å². The van der Waals surface area contributed by atoms with Crippen molar-refractivity contribution in [2.45, 2.75) is 21.9 Å². The topological polar surface area (TPSA) is 81.7 Å². The molecule has 1 N–H and O–H groups in total. The van der Waals surface area contributed by atoms with E-state index >= 15 is 0 Å². The number of methoxy groups -OCH3 is 2. The van der Waals surface area contributed by atoms with Crippen molar-refractivity contribution < 1.29 is 22.7 Å². The number of sulfonamides is 1. The molecular formula is C26H25NO5S2. The molecule has 3 aromatic rings. The summed E-state index contributed by atoms with van der Waals surface area (Å²) >= 11 is 1.65. The second-order valence-electron chi connectivity index (χ2n) is 7.17. The fourth-order valence-electron chi connectivity index (χ4n) is 3.16. The molecule has 0 aromatic heterocycles. The van der Waals surface area contributed by atoms with Gasteiger partial charge in [-0.25, -0.2) is 8.42 Å². The maximum atomic E-state index is 13.1. The third-order valence-electron chi connectivity index (χ3n) is 5.01. The van der Waals surface area contributed by atoms with Crippen LogP contribution in [0.5, 0.6) is 0 Å². The first kappa shape index (κ1) is 25.5. The Morgan fingerprint density at radius 3 is 2.03 bits per heavy atom. The van der Waals surface area contributed by atoms with Crippen molar-refractivity contribution in [2.75, 3.05) is 20.5 Å². The second-order valence-corrected chi connectivity index (χ2v) is 9.76. The highest BCUT2D eigenvalue weighted by atomic mass is 32.2. The Kier molecular flexibility index (Phi) is 8.91. The third-order valence-corrected chi connectivity index (χ3v) is 7.22. The van der Waals surface area contributed by atoms with E-state index in [2.05, 4.69) is 16.6 Å². The molecule has 176 valence electrons. The van der Waals surface area contributed by atoms with Crippen molar-refractivity contribution in [1.82, 2.24) is 4.72 Å². The van der Waals surface area contributed by atoms with Crippen LogP contribution in [0.4, 0.5) is 0 Å². The predicted molar refractivity (Wildman–Crippen MR) is 134 cm³/mol. The standard InChI is InChI=1S/C26H25NO5S2/c1-31-24(18-9-19-7-5-4-6-8-19)25(26(28)32-2)27-34(29,30)23-16-12-21(13-17-23)20-10-14-22(33-3)15-11-20/h4-8,10-17,24-25,27H,1-3H3/t24-,25-/m1/s1. The van der Waals surface area contributed by atoms with E-state index in [4.69, 9.17) is 9.47 Å². The van der Waals surface area contributed by atoms with Gasteiger partial charge in [0, 0.05) is 17.6 Å². The number of hydrogen-bond acceptors (Lipinski definition) is 6. The number of hydrogen-bond donors (Lipinski definition) is 1. The number of nitrogens with one attached hydrogen (secondary N) is 1. The molecule has 0 radical (unpaired) electrons. The number of rotatable bonds is 8. The predicted octanol–water partition coefficient (Wildman–Crippen LogP) is 3.96. The lowest BCUT2D eigenvalue weighted by Gasteiger charge is -2.21. The van der Waals surface area contributed by atoms with Crippen molar-refractivity contribution in [3.05, 3.63) is 84.4 Å². The Bertz CT molecular complexity index is 1260. The average Bonchev–Trinajstić information content (AvgIpc) is 2.88. The lowest BCUT2D eigenvalue weighted by Crippen LogP contribution is -2.49. The van der Waals surface area contributed by atoms with Gasteiger partial charge in [0.1, 0.15) is 6.10 Å². The maximum Gasteiger partial charge on any atom is 0.327 e. The molecule has 2 atom stereocenters. The van der Waals surface area contributed by atoms with Crippen LogP contribution in [-0.2, 0) is 24.3 Å². The molecule has 34 heavy (non-hydrogen) atoms. The van der Waals surface area contributed by atoms with Crippen molar-refractivity contribution in [3.63, 3.8) is 0 Å². The van der Waals surface area contributed by atoms with E-state index in [9.17, 15) is 13.2 Å². The van der Waals surface area contributed by atoms with Gasteiger partial charge < -0.3 is 9.47 Å². The van der Waals surface area contributed by atoms with Gasteiger partial charge in [-0.2, -0.15) is 4.72 Å². The highest BCUT2D eigenvalue weighted by Crippen LogP contribution is 2.24. The van der Waals surface area contributed by atoms with Gasteiger partial charge in [-0.15, -0.1) is 11.8 Å². The van der Waals surface area contributed by atoms with Gasteiger partial charge in [0.15, 0.2) is 6.04 Å². The lowest BCUT2D eigenvalue weighted by atomic mass is 10.1. The van der Waals surface area contributed by atoms with Crippen molar-refractivity contribution in [3.8, 4) is 23.0 Å². The highest BCUT2D eigenvalue weighted by Gasteiger charge is 2.33. The molecule has 0 aliphatic rings. The van der Waals surface area contributed by atoms with Crippen LogP contribution in [0, 0.1) is 11.8 Å². The monoisotopic (exact) mass is 495 g/mol. The molecule has 0 spiro atoms. The summed E-state index contributed by atoms with van der Waals surface area (Å²) in [6.07, 6.45) is 0.946. The minimum Gasteiger partial charge on any atom is -0.468 e. The van der Waals surface area contributed by atoms with Crippen LogP contribution in [0.2, 0.25) is 0 Å². The minimum atomic E-state index is -4.06. The number of carbonyl (C=O) groups is 1. The molecule has 0 saturated carbocycles. The van der Waals surface area contributed by atoms with Crippen LogP contribution >= 0.6 is 11.8 Å². The van der Waals surface area contributed by atoms with Crippen molar-refractivity contribution >= 4 is 27.8 Å². The fraction of sp³-hybridized carbons (Fsp3) is 0.192. The average molecular weight is 496 g/mol. The summed E-state index contributed by atoms with van der Waals surface area (Å²) in [5, 5.41) is 0. The van der Waals surface area contributed by atoms with Crippen LogP contribution in [0.25, 0.3) is 11.1 Å². The number of thioether (sulfide) groups is 1. The van der Waals surface area contributed by atoms with Gasteiger partial charge in [-0.05, 0) is 53.8 Å². The van der Waals surface area contributed by atoms with Crippen LogP contribution in [0.3, 0.4) is 0 Å². The summed E-state index contributed by atoms with van der Waals surface area (Å²) in [6, 6.07) is 22.2. The largest absolute Gasteiger partial charge is 0.468 e. The first-order valence-electron chi connectivity index (χ1n) is 10.3. The van der Waals surface area contributed by atoms with Gasteiger partial charge in [0.25, 0.3) is 0 Å². The Morgan fingerprint density at radius 1 is 0.912 bits per heavy atom. The summed E-state index contributed by atoms with van der Waals surface area (Å²) in [4.78, 5) is 13.6. The molecular weight excluding hydrogens is 470 g/mol. The molecule has 0 heterocycles. The van der Waals surface area contributed by atoms with E-state index < -0.39 is 28.1 Å². The third kappa shape index (κ3) is 6.49. The van der Waals surface area contributed by atoms with Crippen LogP contribution < -0.4 is 4.72 Å². The zero-order valence-electron chi connectivity index (χ0n) is 19.0. The quantitative estimate of drug-likeness (QED) is 0.289. The molecule has 0 aliphatic heterocycles. The molecule has 6 nitrogen and oxygen atoms in total. The molecule has 8 heteroatoms. The zero-order valence-corrected chi connectivity index (χ0v) is 20.7. The van der Waals surface area contributed by atoms with E-state index in [1.165, 1.54) is 26.4 Å². The van der Waals surface area contributed by atoms with Crippen LogP contribution in [0.1, 0.15) is 5.56 Å². The maximum absolute atomic E-state index is 13.1. The number of esters is 1. The summed E-state index contributed by atoms with van der Waals surface area (Å²) < 4.78 is 38.7. The molecule has 0 fully saturated rings. The molecule has 3 aromatic carbocycles. The first-order chi connectivity index (χ1) is 16.4. The fourth-order valence-corrected chi connectivity index (χ4v) is 4.75. The SMILES string of the molecule is COC(=O)[C@H](NS(=O)(=O)c1ccc(-c2ccc(SC)cc2)cc1)[C@@H](C#Cc1ccccc1)OC. The molecule has 0 bridgehead atoms. The number of carbonyl (C=O) groups excluding carboxylic acids is 1. The number of ether oxygens (including phenoxy) is 2. The summed E-state index contributed by atoms with van der Waals surface area (Å²) in [7, 11) is -1.53. The van der Waals surface area contributed by atoms with Crippen LogP contribution in [0.15, 0.2) is 88.7 Å². The van der Waals surface area contributed by atoms with E-state index in [1.807, 2.05) is 48.7 Å². The second kappa shape index (κ2) is 11.9. The Labute approximate surface area is 204 Å². The van der Waals surface area contributed by atoms with Crippen molar-refractivity contribution in [1.29, 1.82) is 0 Å². The van der Waals surface area contributed by atoms with E-state index in [1.54, 1.807) is 36.0 Å². The summed E-state index contributed by atoms with van der Waals surface area (Å²) in [5.74, 6) is 4.91. The van der Waals surface area contributed by atoms with Gasteiger partial charge in [-0.1, -0.05) is 54.3 Å². The normalized spacial score (nSPS) is 12.8. The van der Waals surface area contributed by atoms with Gasteiger partial charge in [0.2, 0.25) is 10.0 Å². The first-order valence-corrected chi connectivity index (χ1v) is 13.0. The number of benzene rings is 3. The minimum absolute atomic E-state index is 0.0109. The van der Waals surface area contributed by atoms with Gasteiger partial charge in [0.05, 0.1) is 12.0 Å². The summed E-state index contributed by atoms with van der Waals surface area (Å²) in [6.45, 7) is 0. The van der Waals surface area contributed by atoms with Crippen LogP contribution in [-0.4, -0.2) is 47.0 Å². The molecule has 0 amide bonds. The Balaban J connectivity index is 1.84. The molecule has 0 aliphatic carbocycles. The zero-order chi connectivity index (χ0) is 24.6. The lowest BCUT2D eigenvalue weighted by molar-refractivity contribution is -0.145. The Morgan fingerprint density at radius 2 is 1.50 bits per heavy atom. The highest BCUT2D eigenvalue weighted by molar-refractivity contribution is 7.98. The molecule has 3 rings (SSSR count). The summed E-state index contributed by atoms with van der Waals surface area (Å²) in [5.41, 5.74) is 2.55. The Hall–Kier alpha value is -3.09. The van der Waals surface area contributed by atoms with E-state index in [0.717, 1.165) is 16.0 Å².